The first-order valence-corrected chi connectivity index (χ1v) is 10.5. The van der Waals surface area contributed by atoms with Crippen molar-refractivity contribution in [2.75, 3.05) is 59.7 Å². The van der Waals surface area contributed by atoms with Crippen molar-refractivity contribution < 1.29 is 9.47 Å². The van der Waals surface area contributed by atoms with E-state index in [1.165, 1.54) is 25.9 Å². The summed E-state index contributed by atoms with van der Waals surface area (Å²) in [6, 6.07) is 0.545. The normalized spacial score (nSPS) is 21.5. The SMILES string of the molecule is CN=C(NCCCOCC1CCOCC1)NCC(C)N1CCC(C)CC1.I. The van der Waals surface area contributed by atoms with Gasteiger partial charge in [0.1, 0.15) is 0 Å². The molecule has 0 aliphatic carbocycles. The molecule has 1 atom stereocenters. The van der Waals surface area contributed by atoms with Crippen LogP contribution in [0.2, 0.25) is 0 Å². The number of nitrogens with zero attached hydrogens (tertiary/aromatic N) is 2. The second-order valence-electron chi connectivity index (χ2n) is 7.93. The first kappa shape index (κ1) is 24.9. The van der Waals surface area contributed by atoms with Gasteiger partial charge in [0, 0.05) is 52.6 Å². The molecular weight excluding hydrogens is 455 g/mol. The molecule has 7 heteroatoms. The van der Waals surface area contributed by atoms with E-state index in [9.17, 15) is 0 Å². The Bertz CT molecular complexity index is 397. The molecule has 6 nitrogen and oxygen atoms in total. The van der Waals surface area contributed by atoms with E-state index < -0.39 is 0 Å². The summed E-state index contributed by atoms with van der Waals surface area (Å²) in [6.07, 6.45) is 5.94. The lowest BCUT2D eigenvalue weighted by Gasteiger charge is -2.35. The fourth-order valence-corrected chi connectivity index (χ4v) is 3.61. The maximum atomic E-state index is 5.81. The Hall–Kier alpha value is -0.120. The summed E-state index contributed by atoms with van der Waals surface area (Å²) in [5.74, 6) is 2.46. The van der Waals surface area contributed by atoms with E-state index in [4.69, 9.17) is 9.47 Å². The Morgan fingerprint density at radius 2 is 1.89 bits per heavy atom. The fourth-order valence-electron chi connectivity index (χ4n) is 3.61. The summed E-state index contributed by atoms with van der Waals surface area (Å²) in [6.45, 7) is 12.4. The van der Waals surface area contributed by atoms with Gasteiger partial charge < -0.3 is 20.1 Å². The van der Waals surface area contributed by atoms with Crippen LogP contribution >= 0.6 is 24.0 Å². The molecule has 2 aliphatic rings. The van der Waals surface area contributed by atoms with Gasteiger partial charge in [-0.05, 0) is 64.0 Å². The maximum absolute atomic E-state index is 5.81. The zero-order valence-corrected chi connectivity index (χ0v) is 19.9. The van der Waals surface area contributed by atoms with Crippen LogP contribution in [0.1, 0.15) is 46.0 Å². The van der Waals surface area contributed by atoms with Gasteiger partial charge in [0.25, 0.3) is 0 Å². The second kappa shape index (κ2) is 14.8. The van der Waals surface area contributed by atoms with Crippen molar-refractivity contribution in [2.45, 2.75) is 52.0 Å². The van der Waals surface area contributed by atoms with E-state index in [-0.39, 0.29) is 24.0 Å². The van der Waals surface area contributed by atoms with Crippen LogP contribution in [-0.2, 0) is 9.47 Å². The van der Waals surface area contributed by atoms with Crippen LogP contribution in [0.3, 0.4) is 0 Å². The van der Waals surface area contributed by atoms with Crippen molar-refractivity contribution in [2.24, 2.45) is 16.8 Å². The molecule has 0 saturated carbocycles. The number of ether oxygens (including phenoxy) is 2. The monoisotopic (exact) mass is 496 g/mol. The molecule has 2 N–H and O–H groups in total. The average molecular weight is 496 g/mol. The highest BCUT2D eigenvalue weighted by molar-refractivity contribution is 14.0. The van der Waals surface area contributed by atoms with Crippen molar-refractivity contribution in [1.82, 2.24) is 15.5 Å². The Morgan fingerprint density at radius 3 is 2.56 bits per heavy atom. The molecule has 1 unspecified atom stereocenters. The smallest absolute Gasteiger partial charge is 0.191 e. The van der Waals surface area contributed by atoms with Crippen LogP contribution in [0.5, 0.6) is 0 Å². The number of hydrogen-bond acceptors (Lipinski definition) is 4. The number of piperidine rings is 1. The van der Waals surface area contributed by atoms with Crippen molar-refractivity contribution in [3.63, 3.8) is 0 Å². The first-order chi connectivity index (χ1) is 12.7. The Labute approximate surface area is 183 Å². The highest BCUT2D eigenvalue weighted by Crippen LogP contribution is 2.17. The number of hydrogen-bond donors (Lipinski definition) is 2. The highest BCUT2D eigenvalue weighted by Gasteiger charge is 2.20. The summed E-state index contributed by atoms with van der Waals surface area (Å²) in [7, 11) is 1.84. The molecule has 0 spiro atoms. The summed E-state index contributed by atoms with van der Waals surface area (Å²) < 4.78 is 11.2. The zero-order valence-electron chi connectivity index (χ0n) is 17.5. The molecule has 0 amide bonds. The molecule has 0 aromatic rings. The Morgan fingerprint density at radius 1 is 1.19 bits per heavy atom. The van der Waals surface area contributed by atoms with Crippen molar-refractivity contribution in [3.05, 3.63) is 0 Å². The molecule has 0 bridgehead atoms. The van der Waals surface area contributed by atoms with E-state index in [2.05, 4.69) is 34.4 Å². The van der Waals surface area contributed by atoms with Gasteiger partial charge in [-0.2, -0.15) is 0 Å². The van der Waals surface area contributed by atoms with E-state index in [0.29, 0.717) is 12.0 Å². The van der Waals surface area contributed by atoms with Gasteiger partial charge in [-0.1, -0.05) is 6.92 Å². The minimum absolute atomic E-state index is 0. The quantitative estimate of drug-likeness (QED) is 0.223. The number of aliphatic imine (C=N–C) groups is 1. The van der Waals surface area contributed by atoms with Crippen LogP contribution in [0.15, 0.2) is 4.99 Å². The number of halogens is 1. The summed E-state index contributed by atoms with van der Waals surface area (Å²) >= 11 is 0. The van der Waals surface area contributed by atoms with Crippen LogP contribution in [0, 0.1) is 11.8 Å². The van der Waals surface area contributed by atoms with E-state index >= 15 is 0 Å². The minimum atomic E-state index is 0. The van der Waals surface area contributed by atoms with Crippen LogP contribution in [-0.4, -0.2) is 76.6 Å². The highest BCUT2D eigenvalue weighted by atomic mass is 127. The fraction of sp³-hybridized carbons (Fsp3) is 0.950. The largest absolute Gasteiger partial charge is 0.381 e. The summed E-state index contributed by atoms with van der Waals surface area (Å²) in [5.41, 5.74) is 0. The molecule has 0 aromatic carbocycles. The third-order valence-electron chi connectivity index (χ3n) is 5.68. The molecule has 2 saturated heterocycles. The standard InChI is InChI=1S/C20H40N4O2.HI/c1-17-5-10-24(11-6-17)18(2)15-23-20(21-3)22-9-4-12-26-16-19-7-13-25-14-8-19;/h17-19H,4-16H2,1-3H3,(H2,21,22,23);1H. The molecule has 160 valence electrons. The van der Waals surface area contributed by atoms with E-state index in [1.54, 1.807) is 0 Å². The molecule has 0 aromatic heterocycles. The van der Waals surface area contributed by atoms with Gasteiger partial charge in [-0.15, -0.1) is 24.0 Å². The summed E-state index contributed by atoms with van der Waals surface area (Å²) in [5, 5.41) is 6.86. The van der Waals surface area contributed by atoms with Crippen molar-refractivity contribution in [1.29, 1.82) is 0 Å². The minimum Gasteiger partial charge on any atom is -0.381 e. The first-order valence-electron chi connectivity index (χ1n) is 10.5. The Balaban J connectivity index is 0.00000364. The lowest BCUT2D eigenvalue weighted by Crippen LogP contribution is -2.48. The average Bonchev–Trinajstić information content (AvgIpc) is 2.68. The van der Waals surface area contributed by atoms with E-state index in [0.717, 1.165) is 70.7 Å². The molecule has 2 aliphatic heterocycles. The number of nitrogens with one attached hydrogen (secondary N) is 2. The number of rotatable bonds is 9. The van der Waals surface area contributed by atoms with Crippen molar-refractivity contribution >= 4 is 29.9 Å². The third kappa shape index (κ3) is 10.3. The topological polar surface area (TPSA) is 58.1 Å². The van der Waals surface area contributed by atoms with Crippen LogP contribution in [0.4, 0.5) is 0 Å². The number of guanidine groups is 1. The van der Waals surface area contributed by atoms with Crippen LogP contribution in [0.25, 0.3) is 0 Å². The number of likely N-dealkylation sites (tertiary alicyclic amines) is 1. The van der Waals surface area contributed by atoms with Gasteiger partial charge in [0.05, 0.1) is 0 Å². The molecule has 2 heterocycles. The molecule has 2 rings (SSSR count). The van der Waals surface area contributed by atoms with Gasteiger partial charge in [0.15, 0.2) is 5.96 Å². The molecular formula is C20H41IN4O2. The van der Waals surface area contributed by atoms with Gasteiger partial charge in [0.2, 0.25) is 0 Å². The lowest BCUT2D eigenvalue weighted by molar-refractivity contribution is 0.0203. The third-order valence-corrected chi connectivity index (χ3v) is 5.68. The predicted octanol–water partition coefficient (Wildman–Crippen LogP) is 2.72. The van der Waals surface area contributed by atoms with E-state index in [1.807, 2.05) is 7.05 Å². The molecule has 2 fully saturated rings. The van der Waals surface area contributed by atoms with Gasteiger partial charge >= 0.3 is 0 Å². The lowest BCUT2D eigenvalue weighted by atomic mass is 9.98. The van der Waals surface area contributed by atoms with Crippen molar-refractivity contribution in [3.8, 4) is 0 Å². The molecule has 0 radical (unpaired) electrons. The second-order valence-corrected chi connectivity index (χ2v) is 7.93. The van der Waals surface area contributed by atoms with Crippen LogP contribution < -0.4 is 10.6 Å². The summed E-state index contributed by atoms with van der Waals surface area (Å²) in [4.78, 5) is 6.92. The Kier molecular flexibility index (Phi) is 13.7. The maximum Gasteiger partial charge on any atom is 0.191 e. The predicted molar refractivity (Wildman–Crippen MR) is 123 cm³/mol. The van der Waals surface area contributed by atoms with Gasteiger partial charge in [-0.3, -0.25) is 9.89 Å². The molecule has 27 heavy (non-hydrogen) atoms. The van der Waals surface area contributed by atoms with Gasteiger partial charge in [-0.25, -0.2) is 0 Å². The zero-order chi connectivity index (χ0) is 18.6.